The summed E-state index contributed by atoms with van der Waals surface area (Å²) in [6.45, 7) is 3.87. The Labute approximate surface area is 149 Å². The highest BCUT2D eigenvalue weighted by Gasteiger charge is 2.23. The number of hydrogen-bond acceptors (Lipinski definition) is 5. The van der Waals surface area contributed by atoms with Crippen molar-refractivity contribution >= 4 is 40.4 Å². The Balaban J connectivity index is 2.71. The van der Waals surface area contributed by atoms with Crippen molar-refractivity contribution in [1.82, 2.24) is 5.32 Å². The van der Waals surface area contributed by atoms with E-state index in [0.29, 0.717) is 5.56 Å². The SMILES string of the molecule is CCOC(=O)CCC(NC(=O)c1ccc(I)cc1)C(=O)OCC. The molecular formula is C16H20INO5. The third kappa shape index (κ3) is 6.98. The molecule has 0 heterocycles. The number of carbonyl (C=O) groups excluding carboxylic acids is 3. The highest BCUT2D eigenvalue weighted by Crippen LogP contribution is 2.08. The van der Waals surface area contributed by atoms with Crippen molar-refractivity contribution in [3.8, 4) is 0 Å². The van der Waals surface area contributed by atoms with Crippen molar-refractivity contribution in [2.24, 2.45) is 0 Å². The van der Waals surface area contributed by atoms with Crippen molar-refractivity contribution in [2.75, 3.05) is 13.2 Å². The van der Waals surface area contributed by atoms with E-state index < -0.39 is 18.0 Å². The normalized spacial score (nSPS) is 11.4. The number of carbonyl (C=O) groups is 3. The van der Waals surface area contributed by atoms with Crippen LogP contribution in [0.15, 0.2) is 24.3 Å². The largest absolute Gasteiger partial charge is 0.466 e. The number of ether oxygens (including phenoxy) is 2. The van der Waals surface area contributed by atoms with E-state index in [1.54, 1.807) is 38.1 Å². The van der Waals surface area contributed by atoms with Crippen LogP contribution < -0.4 is 5.32 Å². The minimum Gasteiger partial charge on any atom is -0.466 e. The van der Waals surface area contributed by atoms with Crippen LogP contribution in [-0.2, 0) is 19.1 Å². The molecule has 7 heteroatoms. The maximum absolute atomic E-state index is 12.2. The molecule has 1 amide bonds. The van der Waals surface area contributed by atoms with Crippen LogP contribution in [0.4, 0.5) is 0 Å². The van der Waals surface area contributed by atoms with E-state index in [1.165, 1.54) is 0 Å². The molecule has 1 atom stereocenters. The van der Waals surface area contributed by atoms with Gasteiger partial charge in [-0.1, -0.05) is 0 Å². The molecule has 0 aliphatic carbocycles. The van der Waals surface area contributed by atoms with Gasteiger partial charge >= 0.3 is 11.9 Å². The first-order valence-corrected chi connectivity index (χ1v) is 8.44. The summed E-state index contributed by atoms with van der Waals surface area (Å²) in [7, 11) is 0. The molecule has 0 radical (unpaired) electrons. The molecule has 0 fully saturated rings. The van der Waals surface area contributed by atoms with Gasteiger partial charge in [-0.3, -0.25) is 9.59 Å². The molecule has 1 N–H and O–H groups in total. The topological polar surface area (TPSA) is 81.7 Å². The zero-order chi connectivity index (χ0) is 17.2. The van der Waals surface area contributed by atoms with Gasteiger partial charge in [0, 0.05) is 15.6 Å². The van der Waals surface area contributed by atoms with Crippen LogP contribution in [0.3, 0.4) is 0 Å². The monoisotopic (exact) mass is 433 g/mol. The molecule has 0 spiro atoms. The minimum absolute atomic E-state index is 0.0320. The summed E-state index contributed by atoms with van der Waals surface area (Å²) in [5.41, 5.74) is 0.441. The van der Waals surface area contributed by atoms with Crippen molar-refractivity contribution in [3.63, 3.8) is 0 Å². The number of hydrogen-bond donors (Lipinski definition) is 1. The van der Waals surface area contributed by atoms with E-state index >= 15 is 0 Å². The maximum Gasteiger partial charge on any atom is 0.328 e. The zero-order valence-corrected chi connectivity index (χ0v) is 15.3. The Morgan fingerprint density at radius 3 is 2.26 bits per heavy atom. The molecule has 126 valence electrons. The first-order chi connectivity index (χ1) is 11.0. The second kappa shape index (κ2) is 10.2. The lowest BCUT2D eigenvalue weighted by Crippen LogP contribution is -2.42. The van der Waals surface area contributed by atoms with Gasteiger partial charge in [0.25, 0.3) is 5.91 Å². The average molecular weight is 433 g/mol. The van der Waals surface area contributed by atoms with Gasteiger partial charge < -0.3 is 14.8 Å². The molecule has 23 heavy (non-hydrogen) atoms. The fourth-order valence-corrected chi connectivity index (χ4v) is 2.19. The first kappa shape index (κ1) is 19.4. The predicted molar refractivity (Wildman–Crippen MR) is 92.9 cm³/mol. The Morgan fingerprint density at radius 2 is 1.70 bits per heavy atom. The molecule has 1 unspecified atom stereocenters. The Bertz CT molecular complexity index is 544. The van der Waals surface area contributed by atoms with Crippen LogP contribution in [0.25, 0.3) is 0 Å². The quantitative estimate of drug-likeness (QED) is 0.503. The van der Waals surface area contributed by atoms with E-state index in [1.807, 2.05) is 0 Å². The number of amides is 1. The summed E-state index contributed by atoms with van der Waals surface area (Å²) >= 11 is 2.14. The number of benzene rings is 1. The van der Waals surface area contributed by atoms with Crippen molar-refractivity contribution in [2.45, 2.75) is 32.7 Å². The molecule has 1 aromatic rings. The zero-order valence-electron chi connectivity index (χ0n) is 13.1. The molecule has 0 bridgehead atoms. The number of nitrogens with one attached hydrogen (secondary N) is 1. The van der Waals surface area contributed by atoms with Crippen LogP contribution in [0, 0.1) is 3.57 Å². The molecular weight excluding hydrogens is 413 g/mol. The van der Waals surface area contributed by atoms with Gasteiger partial charge in [-0.2, -0.15) is 0 Å². The molecule has 0 aromatic heterocycles. The van der Waals surface area contributed by atoms with E-state index in [2.05, 4.69) is 27.9 Å². The second-order valence-electron chi connectivity index (χ2n) is 4.63. The smallest absolute Gasteiger partial charge is 0.328 e. The highest BCUT2D eigenvalue weighted by atomic mass is 127. The maximum atomic E-state index is 12.2. The first-order valence-electron chi connectivity index (χ1n) is 7.36. The third-order valence-corrected chi connectivity index (χ3v) is 3.64. The summed E-state index contributed by atoms with van der Waals surface area (Å²) in [6, 6.07) is 6.06. The van der Waals surface area contributed by atoms with Crippen LogP contribution in [0.2, 0.25) is 0 Å². The van der Waals surface area contributed by atoms with Crippen LogP contribution in [0.1, 0.15) is 37.0 Å². The second-order valence-corrected chi connectivity index (χ2v) is 5.87. The summed E-state index contributed by atoms with van der Waals surface area (Å²) in [4.78, 5) is 35.6. The lowest BCUT2D eigenvalue weighted by molar-refractivity contribution is -0.146. The predicted octanol–water partition coefficient (Wildman–Crippen LogP) is 2.30. The lowest BCUT2D eigenvalue weighted by Gasteiger charge is -2.17. The Kier molecular flexibility index (Phi) is 8.60. The molecule has 1 aromatic carbocycles. The molecule has 0 saturated heterocycles. The van der Waals surface area contributed by atoms with Crippen molar-refractivity contribution in [1.29, 1.82) is 0 Å². The van der Waals surface area contributed by atoms with Gasteiger partial charge in [0.1, 0.15) is 6.04 Å². The number of rotatable bonds is 8. The van der Waals surface area contributed by atoms with Gasteiger partial charge in [-0.05, 0) is 67.1 Å². The standard InChI is InChI=1S/C16H20INO5/c1-3-22-14(19)10-9-13(16(21)23-4-2)18-15(20)11-5-7-12(17)8-6-11/h5-8,13H,3-4,9-10H2,1-2H3,(H,18,20). The summed E-state index contributed by atoms with van der Waals surface area (Å²) in [5, 5.41) is 2.61. The van der Waals surface area contributed by atoms with Crippen molar-refractivity contribution < 1.29 is 23.9 Å². The molecule has 1 rings (SSSR count). The van der Waals surface area contributed by atoms with Gasteiger partial charge in [-0.15, -0.1) is 0 Å². The highest BCUT2D eigenvalue weighted by molar-refractivity contribution is 14.1. The van der Waals surface area contributed by atoms with E-state index in [9.17, 15) is 14.4 Å². The average Bonchev–Trinajstić information content (AvgIpc) is 2.52. The van der Waals surface area contributed by atoms with Gasteiger partial charge in [-0.25, -0.2) is 4.79 Å². The molecule has 0 saturated carbocycles. The van der Waals surface area contributed by atoms with E-state index in [-0.39, 0.29) is 32.0 Å². The fraction of sp³-hybridized carbons (Fsp3) is 0.438. The van der Waals surface area contributed by atoms with Crippen molar-refractivity contribution in [3.05, 3.63) is 33.4 Å². The number of esters is 2. The van der Waals surface area contributed by atoms with Gasteiger partial charge in [0.05, 0.1) is 13.2 Å². The fourth-order valence-electron chi connectivity index (χ4n) is 1.83. The van der Waals surface area contributed by atoms with E-state index in [4.69, 9.17) is 9.47 Å². The molecule has 0 aliphatic heterocycles. The number of halogens is 1. The molecule has 6 nitrogen and oxygen atoms in total. The Hall–Kier alpha value is -1.64. The Morgan fingerprint density at radius 1 is 1.09 bits per heavy atom. The van der Waals surface area contributed by atoms with Crippen LogP contribution in [0.5, 0.6) is 0 Å². The van der Waals surface area contributed by atoms with E-state index in [0.717, 1.165) is 3.57 Å². The summed E-state index contributed by atoms with van der Waals surface area (Å²) < 4.78 is 10.8. The minimum atomic E-state index is -0.883. The third-order valence-electron chi connectivity index (χ3n) is 2.93. The summed E-state index contributed by atoms with van der Waals surface area (Å²) in [6.07, 6.45) is 0.165. The van der Waals surface area contributed by atoms with Gasteiger partial charge in [0.2, 0.25) is 0 Å². The summed E-state index contributed by atoms with van der Waals surface area (Å²) in [5.74, 6) is -1.36. The van der Waals surface area contributed by atoms with Gasteiger partial charge in [0.15, 0.2) is 0 Å². The molecule has 0 aliphatic rings. The van der Waals surface area contributed by atoms with Crippen LogP contribution in [-0.4, -0.2) is 37.1 Å². The lowest BCUT2D eigenvalue weighted by atomic mass is 10.1. The van der Waals surface area contributed by atoms with Crippen LogP contribution >= 0.6 is 22.6 Å².